The van der Waals surface area contributed by atoms with Crippen molar-refractivity contribution in [2.75, 3.05) is 5.75 Å². The highest BCUT2D eigenvalue weighted by molar-refractivity contribution is 8.03. The molecule has 0 N–H and O–H groups in total. The van der Waals surface area contributed by atoms with Crippen molar-refractivity contribution in [1.82, 2.24) is 4.98 Å². The van der Waals surface area contributed by atoms with Crippen molar-refractivity contribution >= 4 is 11.8 Å². The summed E-state index contributed by atoms with van der Waals surface area (Å²) >= 11 is 1.18. The number of aryl methyl sites for hydroxylation is 1. The number of nitriles is 2. The molecule has 1 heterocycles. The molecular weight excluding hydrogens is 206 g/mol. The van der Waals surface area contributed by atoms with Gasteiger partial charge in [0.05, 0.1) is 12.0 Å². The van der Waals surface area contributed by atoms with Crippen LogP contribution in [0.4, 0.5) is 0 Å². The average molecular weight is 217 g/mol. The molecule has 4 heteroatoms. The van der Waals surface area contributed by atoms with E-state index >= 15 is 0 Å². The molecule has 0 aliphatic carbocycles. The summed E-state index contributed by atoms with van der Waals surface area (Å²) in [6, 6.07) is 4.21. The molecule has 1 aromatic rings. The molecule has 0 radical (unpaired) electrons. The molecular formula is C11H11N3S. The van der Waals surface area contributed by atoms with Gasteiger partial charge in [-0.1, -0.05) is 6.07 Å². The van der Waals surface area contributed by atoms with Crippen LogP contribution >= 0.6 is 11.8 Å². The van der Waals surface area contributed by atoms with Crippen LogP contribution in [0.3, 0.4) is 0 Å². The standard InChI is InChI=1S/C11H11N3S/c1-9-4-11(7-14-6-9)10(5-12)2-3-15-8-13/h4,6-7,10H,2-3H2,1H3. The first kappa shape index (κ1) is 11.6. The van der Waals surface area contributed by atoms with Gasteiger partial charge in [-0.05, 0) is 36.2 Å². The SMILES string of the molecule is Cc1cncc(C(C#N)CCSC#N)c1. The number of hydrogen-bond acceptors (Lipinski definition) is 4. The van der Waals surface area contributed by atoms with Crippen LogP contribution in [0.15, 0.2) is 18.5 Å². The molecule has 0 amide bonds. The van der Waals surface area contributed by atoms with E-state index in [1.54, 1.807) is 12.4 Å². The van der Waals surface area contributed by atoms with Crippen LogP contribution in [0.25, 0.3) is 0 Å². The van der Waals surface area contributed by atoms with E-state index in [2.05, 4.69) is 11.1 Å². The normalized spacial score (nSPS) is 11.4. The van der Waals surface area contributed by atoms with Crippen LogP contribution in [0.1, 0.15) is 23.5 Å². The Balaban J connectivity index is 2.68. The van der Waals surface area contributed by atoms with Crippen molar-refractivity contribution < 1.29 is 0 Å². The Labute approximate surface area is 93.7 Å². The Kier molecular flexibility index (Phi) is 4.66. The predicted molar refractivity (Wildman–Crippen MR) is 60.0 cm³/mol. The summed E-state index contributed by atoms with van der Waals surface area (Å²) < 4.78 is 0. The van der Waals surface area contributed by atoms with Crippen LogP contribution in [0.2, 0.25) is 0 Å². The maximum atomic E-state index is 9.00. The van der Waals surface area contributed by atoms with Gasteiger partial charge in [-0.15, -0.1) is 0 Å². The summed E-state index contributed by atoms with van der Waals surface area (Å²) in [6.45, 7) is 1.95. The van der Waals surface area contributed by atoms with Crippen molar-refractivity contribution in [2.45, 2.75) is 19.3 Å². The largest absolute Gasteiger partial charge is 0.264 e. The van der Waals surface area contributed by atoms with E-state index in [4.69, 9.17) is 10.5 Å². The quantitative estimate of drug-likeness (QED) is 0.574. The summed E-state index contributed by atoms with van der Waals surface area (Å²) in [7, 11) is 0. The van der Waals surface area contributed by atoms with E-state index in [1.807, 2.05) is 18.4 Å². The molecule has 1 unspecified atom stereocenters. The van der Waals surface area contributed by atoms with E-state index in [9.17, 15) is 0 Å². The van der Waals surface area contributed by atoms with Gasteiger partial charge in [-0.3, -0.25) is 4.98 Å². The summed E-state index contributed by atoms with van der Waals surface area (Å²) in [5.41, 5.74) is 2.00. The smallest absolute Gasteiger partial charge is 0.133 e. The number of hydrogen-bond donors (Lipinski definition) is 0. The lowest BCUT2D eigenvalue weighted by atomic mass is 9.99. The third-order valence-electron chi connectivity index (χ3n) is 2.03. The number of pyridine rings is 1. The van der Waals surface area contributed by atoms with Gasteiger partial charge in [-0.2, -0.15) is 10.5 Å². The second-order valence-corrected chi connectivity index (χ2v) is 4.09. The Morgan fingerprint density at radius 2 is 2.27 bits per heavy atom. The van der Waals surface area contributed by atoms with Crippen LogP contribution in [0.5, 0.6) is 0 Å². The zero-order valence-electron chi connectivity index (χ0n) is 8.47. The van der Waals surface area contributed by atoms with E-state index < -0.39 is 0 Å². The molecule has 0 saturated carbocycles. The maximum Gasteiger partial charge on any atom is 0.133 e. The molecule has 1 rings (SSSR count). The van der Waals surface area contributed by atoms with E-state index in [0.717, 1.165) is 11.1 Å². The van der Waals surface area contributed by atoms with Crippen molar-refractivity contribution in [3.63, 3.8) is 0 Å². The third-order valence-corrected chi connectivity index (χ3v) is 2.60. The highest BCUT2D eigenvalue weighted by atomic mass is 32.2. The molecule has 1 atom stereocenters. The molecule has 0 bridgehead atoms. The Morgan fingerprint density at radius 3 is 2.87 bits per heavy atom. The Hall–Kier alpha value is -1.52. The van der Waals surface area contributed by atoms with Gasteiger partial charge in [0, 0.05) is 18.1 Å². The first-order valence-electron chi connectivity index (χ1n) is 4.60. The minimum absolute atomic E-state index is 0.154. The molecule has 1 aromatic heterocycles. The minimum Gasteiger partial charge on any atom is -0.264 e. The van der Waals surface area contributed by atoms with Crippen molar-refractivity contribution in [2.24, 2.45) is 0 Å². The highest BCUT2D eigenvalue weighted by Gasteiger charge is 2.10. The molecule has 3 nitrogen and oxygen atoms in total. The zero-order valence-corrected chi connectivity index (χ0v) is 9.29. The Bertz CT molecular complexity index is 403. The number of thioether (sulfide) groups is 1. The third kappa shape index (κ3) is 3.61. The lowest BCUT2D eigenvalue weighted by molar-refractivity contribution is 0.821. The lowest BCUT2D eigenvalue weighted by Crippen LogP contribution is -1.98. The van der Waals surface area contributed by atoms with Crippen molar-refractivity contribution in [3.8, 4) is 11.5 Å². The van der Waals surface area contributed by atoms with Gasteiger partial charge in [-0.25, -0.2) is 0 Å². The second-order valence-electron chi connectivity index (χ2n) is 3.21. The maximum absolute atomic E-state index is 9.00. The average Bonchev–Trinajstić information content (AvgIpc) is 2.24. The zero-order chi connectivity index (χ0) is 11.1. The van der Waals surface area contributed by atoms with Crippen molar-refractivity contribution in [1.29, 1.82) is 10.5 Å². The molecule has 15 heavy (non-hydrogen) atoms. The van der Waals surface area contributed by atoms with Crippen LogP contribution < -0.4 is 0 Å². The fourth-order valence-electron chi connectivity index (χ4n) is 1.30. The van der Waals surface area contributed by atoms with E-state index in [-0.39, 0.29) is 5.92 Å². The van der Waals surface area contributed by atoms with Crippen LogP contribution in [-0.2, 0) is 0 Å². The van der Waals surface area contributed by atoms with Gasteiger partial charge in [0.25, 0.3) is 0 Å². The van der Waals surface area contributed by atoms with Crippen molar-refractivity contribution in [3.05, 3.63) is 29.6 Å². The summed E-state index contributed by atoms with van der Waals surface area (Å²) in [6.07, 6.45) is 4.18. The minimum atomic E-state index is -0.154. The predicted octanol–water partition coefficient (Wildman–Crippen LogP) is 2.60. The van der Waals surface area contributed by atoms with E-state index in [1.165, 1.54) is 11.8 Å². The van der Waals surface area contributed by atoms with Gasteiger partial charge in [0.15, 0.2) is 0 Å². The molecule has 0 aromatic carbocycles. The van der Waals surface area contributed by atoms with Gasteiger partial charge < -0.3 is 0 Å². The monoisotopic (exact) mass is 217 g/mol. The van der Waals surface area contributed by atoms with Gasteiger partial charge in [0.1, 0.15) is 5.40 Å². The van der Waals surface area contributed by atoms with Crippen LogP contribution in [-0.4, -0.2) is 10.7 Å². The fourth-order valence-corrected chi connectivity index (χ4v) is 1.74. The molecule has 0 fully saturated rings. The summed E-state index contributed by atoms with van der Waals surface area (Å²) in [4.78, 5) is 4.06. The van der Waals surface area contributed by atoms with Crippen LogP contribution in [0, 0.1) is 28.9 Å². The summed E-state index contributed by atoms with van der Waals surface area (Å²) in [5, 5.41) is 19.4. The van der Waals surface area contributed by atoms with Gasteiger partial charge >= 0.3 is 0 Å². The number of nitrogens with zero attached hydrogens (tertiary/aromatic N) is 3. The first-order valence-corrected chi connectivity index (χ1v) is 5.58. The van der Waals surface area contributed by atoms with E-state index in [0.29, 0.717) is 12.2 Å². The fraction of sp³-hybridized carbons (Fsp3) is 0.364. The topological polar surface area (TPSA) is 60.5 Å². The number of aromatic nitrogens is 1. The second kappa shape index (κ2) is 6.06. The molecule has 76 valence electrons. The molecule has 0 saturated heterocycles. The molecule has 0 spiro atoms. The van der Waals surface area contributed by atoms with Gasteiger partial charge in [0.2, 0.25) is 0 Å². The highest BCUT2D eigenvalue weighted by Crippen LogP contribution is 2.20. The number of rotatable bonds is 4. The lowest BCUT2D eigenvalue weighted by Gasteiger charge is -2.07. The number of thiocyanates is 1. The first-order chi connectivity index (χ1) is 7.27. The molecule has 0 aliphatic rings. The Morgan fingerprint density at radius 1 is 1.47 bits per heavy atom. The molecule has 0 aliphatic heterocycles. The summed E-state index contributed by atoms with van der Waals surface area (Å²) in [5.74, 6) is 0.529.